The Balaban J connectivity index is 1.69. The van der Waals surface area contributed by atoms with Crippen LogP contribution in [0.15, 0.2) is 55.1 Å². The third kappa shape index (κ3) is 4.85. The highest BCUT2D eigenvalue weighted by Gasteiger charge is 2.24. The molecule has 0 saturated heterocycles. The lowest BCUT2D eigenvalue weighted by Gasteiger charge is -2.20. The molecule has 0 aliphatic heterocycles. The van der Waals surface area contributed by atoms with Gasteiger partial charge in [-0.1, -0.05) is 23.5 Å². The zero-order chi connectivity index (χ0) is 23.4. The van der Waals surface area contributed by atoms with Crippen molar-refractivity contribution in [3.63, 3.8) is 0 Å². The van der Waals surface area contributed by atoms with Crippen LogP contribution in [-0.4, -0.2) is 38.5 Å². The fourth-order valence-electron chi connectivity index (χ4n) is 3.51. The van der Waals surface area contributed by atoms with E-state index < -0.39 is 4.92 Å². The minimum atomic E-state index is -0.471. The number of thiazole rings is 1. The van der Waals surface area contributed by atoms with E-state index in [-0.39, 0.29) is 17.2 Å². The lowest BCUT2D eigenvalue weighted by Crippen LogP contribution is -2.32. The molecule has 0 atom stereocenters. The second kappa shape index (κ2) is 9.78. The molecule has 0 fully saturated rings. The van der Waals surface area contributed by atoms with E-state index in [0.717, 1.165) is 4.70 Å². The lowest BCUT2D eigenvalue weighted by atomic mass is 10.1. The number of carbonyl (C=O) groups is 1. The normalized spacial score (nSPS) is 11.0. The summed E-state index contributed by atoms with van der Waals surface area (Å²) in [6.45, 7) is 5.13. The molecule has 1 amide bonds. The molecule has 0 unspecified atom stereocenters. The first kappa shape index (κ1) is 22.4. The minimum absolute atomic E-state index is 0.0813. The highest BCUT2D eigenvalue weighted by molar-refractivity contribution is 7.22. The molecule has 33 heavy (non-hydrogen) atoms. The molecule has 10 heteroatoms. The van der Waals surface area contributed by atoms with Crippen molar-refractivity contribution in [2.75, 3.05) is 18.1 Å². The van der Waals surface area contributed by atoms with Gasteiger partial charge < -0.3 is 9.30 Å². The highest BCUT2D eigenvalue weighted by atomic mass is 32.1. The summed E-state index contributed by atoms with van der Waals surface area (Å²) in [5, 5.41) is 11.9. The third-order valence-corrected chi connectivity index (χ3v) is 6.20. The molecule has 9 nitrogen and oxygen atoms in total. The molecule has 0 aliphatic carbocycles. The Morgan fingerprint density at radius 3 is 2.88 bits per heavy atom. The first-order chi connectivity index (χ1) is 16.0. The number of imidazole rings is 1. The van der Waals surface area contributed by atoms with Crippen molar-refractivity contribution in [3.8, 4) is 5.75 Å². The number of para-hydroxylation sites is 1. The van der Waals surface area contributed by atoms with Gasteiger partial charge in [-0.05, 0) is 38.5 Å². The molecule has 4 aromatic rings. The molecule has 2 aromatic carbocycles. The Morgan fingerprint density at radius 2 is 2.15 bits per heavy atom. The predicted molar refractivity (Wildman–Crippen MR) is 127 cm³/mol. The second-order valence-electron chi connectivity index (χ2n) is 7.40. The number of nitro groups is 1. The van der Waals surface area contributed by atoms with E-state index >= 15 is 0 Å². The maximum atomic E-state index is 13.5. The van der Waals surface area contributed by atoms with Crippen molar-refractivity contribution in [1.29, 1.82) is 0 Å². The zero-order valence-corrected chi connectivity index (χ0v) is 19.1. The predicted octanol–water partition coefficient (Wildman–Crippen LogP) is 4.85. The number of nitro benzene ring substituents is 1. The van der Waals surface area contributed by atoms with Crippen molar-refractivity contribution >= 4 is 38.3 Å². The van der Waals surface area contributed by atoms with Crippen LogP contribution in [0.4, 0.5) is 10.8 Å². The summed E-state index contributed by atoms with van der Waals surface area (Å²) in [4.78, 5) is 34.8. The quantitative estimate of drug-likeness (QED) is 0.259. The van der Waals surface area contributed by atoms with E-state index in [4.69, 9.17) is 9.72 Å². The number of hydrogen-bond acceptors (Lipinski definition) is 7. The Kier molecular flexibility index (Phi) is 6.64. The number of aryl methyl sites for hydroxylation is 2. The molecular weight excluding hydrogens is 442 g/mol. The number of rotatable bonds is 9. The van der Waals surface area contributed by atoms with E-state index in [0.29, 0.717) is 48.1 Å². The average Bonchev–Trinajstić information content (AvgIpc) is 3.47. The van der Waals surface area contributed by atoms with E-state index in [2.05, 4.69) is 4.98 Å². The summed E-state index contributed by atoms with van der Waals surface area (Å²) < 4.78 is 8.53. The van der Waals surface area contributed by atoms with Crippen LogP contribution in [0.5, 0.6) is 5.75 Å². The van der Waals surface area contributed by atoms with E-state index in [1.807, 2.05) is 35.9 Å². The second-order valence-corrected chi connectivity index (χ2v) is 8.41. The van der Waals surface area contributed by atoms with Crippen molar-refractivity contribution in [2.24, 2.45) is 0 Å². The number of aromatic nitrogens is 3. The van der Waals surface area contributed by atoms with Gasteiger partial charge in [-0.3, -0.25) is 19.8 Å². The van der Waals surface area contributed by atoms with Crippen molar-refractivity contribution in [1.82, 2.24) is 14.5 Å². The first-order valence-electron chi connectivity index (χ1n) is 10.5. The van der Waals surface area contributed by atoms with Gasteiger partial charge >= 0.3 is 0 Å². The number of nitrogens with zero attached hydrogens (tertiary/aromatic N) is 5. The summed E-state index contributed by atoms with van der Waals surface area (Å²) in [5.41, 5.74) is 1.37. The van der Waals surface area contributed by atoms with Gasteiger partial charge in [-0.25, -0.2) is 9.97 Å². The van der Waals surface area contributed by atoms with Crippen LogP contribution >= 0.6 is 11.3 Å². The number of hydrogen-bond donors (Lipinski definition) is 0. The van der Waals surface area contributed by atoms with Gasteiger partial charge in [-0.15, -0.1) is 0 Å². The molecule has 0 saturated carbocycles. The number of carbonyl (C=O) groups excluding carboxylic acids is 1. The number of ether oxygens (including phenoxy) is 1. The average molecular weight is 466 g/mol. The van der Waals surface area contributed by atoms with Crippen molar-refractivity contribution < 1.29 is 14.5 Å². The Hall–Kier alpha value is -3.79. The molecule has 0 spiro atoms. The lowest BCUT2D eigenvalue weighted by molar-refractivity contribution is -0.385. The van der Waals surface area contributed by atoms with Crippen LogP contribution in [0.3, 0.4) is 0 Å². The number of amides is 1. The van der Waals surface area contributed by atoms with Gasteiger partial charge in [0.25, 0.3) is 11.6 Å². The number of fused-ring (bicyclic) bond motifs is 1. The van der Waals surface area contributed by atoms with E-state index in [1.54, 1.807) is 36.5 Å². The molecular formula is C23H23N5O4S. The largest absolute Gasteiger partial charge is 0.492 e. The van der Waals surface area contributed by atoms with E-state index in [1.165, 1.54) is 17.4 Å². The summed E-state index contributed by atoms with van der Waals surface area (Å²) >= 11 is 1.39. The molecule has 2 heterocycles. The standard InChI is InChI=1S/C23H23N5O4S/c1-3-32-19-6-4-7-20-21(19)25-23(33-20)27(12-5-11-26-13-10-24-15-26)22(29)17-9-8-16(2)18(14-17)28(30)31/h4,6-10,13-15H,3,5,11-12H2,1-2H3. The smallest absolute Gasteiger partial charge is 0.273 e. The van der Waals surface area contributed by atoms with Crippen molar-refractivity contribution in [2.45, 2.75) is 26.8 Å². The fraction of sp³-hybridized carbons (Fsp3) is 0.261. The summed E-state index contributed by atoms with van der Waals surface area (Å²) in [5.74, 6) is 0.329. The van der Waals surface area contributed by atoms with Crippen LogP contribution in [0, 0.1) is 17.0 Å². The minimum Gasteiger partial charge on any atom is -0.492 e. The van der Waals surface area contributed by atoms with Crippen LogP contribution in [0.25, 0.3) is 10.2 Å². The molecule has 170 valence electrons. The molecule has 0 aliphatic rings. The number of anilines is 1. The van der Waals surface area contributed by atoms with Gasteiger partial charge in [0.2, 0.25) is 0 Å². The molecule has 4 rings (SSSR count). The van der Waals surface area contributed by atoms with Crippen molar-refractivity contribution in [3.05, 3.63) is 76.4 Å². The highest BCUT2D eigenvalue weighted by Crippen LogP contribution is 2.35. The SMILES string of the molecule is CCOc1cccc2sc(N(CCCn3ccnc3)C(=O)c3ccc(C)c([N+](=O)[O-])c3)nc12. The maximum absolute atomic E-state index is 13.5. The van der Waals surface area contributed by atoms with E-state index in [9.17, 15) is 14.9 Å². The molecule has 0 bridgehead atoms. The van der Waals surface area contributed by atoms with Gasteiger partial charge in [0, 0.05) is 42.7 Å². The van der Waals surface area contributed by atoms with Crippen LogP contribution in [-0.2, 0) is 6.54 Å². The summed E-state index contributed by atoms with van der Waals surface area (Å²) in [6, 6.07) is 10.2. The zero-order valence-electron chi connectivity index (χ0n) is 18.3. The third-order valence-electron chi connectivity index (χ3n) is 5.16. The first-order valence-corrected chi connectivity index (χ1v) is 11.3. The Morgan fingerprint density at radius 1 is 1.30 bits per heavy atom. The molecule has 0 radical (unpaired) electrons. The Labute approximate surface area is 194 Å². The van der Waals surface area contributed by atoms with Crippen LogP contribution in [0.1, 0.15) is 29.3 Å². The fourth-order valence-corrected chi connectivity index (χ4v) is 4.52. The molecule has 2 aromatic heterocycles. The summed E-state index contributed by atoms with van der Waals surface area (Å²) in [6.07, 6.45) is 5.95. The van der Waals surface area contributed by atoms with Gasteiger partial charge in [-0.2, -0.15) is 0 Å². The van der Waals surface area contributed by atoms with Crippen LogP contribution in [0.2, 0.25) is 0 Å². The van der Waals surface area contributed by atoms with Gasteiger partial charge in [0.15, 0.2) is 5.13 Å². The van der Waals surface area contributed by atoms with Crippen LogP contribution < -0.4 is 9.64 Å². The Bertz CT molecular complexity index is 1290. The number of benzene rings is 2. The van der Waals surface area contributed by atoms with Gasteiger partial charge in [0.05, 0.1) is 22.6 Å². The summed E-state index contributed by atoms with van der Waals surface area (Å²) in [7, 11) is 0. The topological polar surface area (TPSA) is 103 Å². The molecule has 0 N–H and O–H groups in total. The monoisotopic (exact) mass is 465 g/mol. The van der Waals surface area contributed by atoms with Gasteiger partial charge in [0.1, 0.15) is 11.3 Å². The maximum Gasteiger partial charge on any atom is 0.273 e.